The number of nitrogens with one attached hydrogen (secondary N) is 1. The second-order valence-corrected chi connectivity index (χ2v) is 9.90. The molecule has 0 saturated heterocycles. The molecule has 0 atom stereocenters. The zero-order chi connectivity index (χ0) is 23.0. The number of carbonyl (C=O) groups is 1. The van der Waals surface area contributed by atoms with E-state index in [1.807, 2.05) is 23.0 Å². The van der Waals surface area contributed by atoms with E-state index >= 15 is 0 Å². The molecule has 1 heterocycles. The van der Waals surface area contributed by atoms with E-state index in [2.05, 4.69) is 19.2 Å². The third-order valence-electron chi connectivity index (χ3n) is 6.71. The van der Waals surface area contributed by atoms with Gasteiger partial charge in [0.05, 0.1) is 17.2 Å². The standard InChI is InChI=1S/C26H32FN3O2/c1-16(2)17-8-10-21(11-9-17)30-15-19-13-24(22(26(3,4)32)14-23(19)29-30)28-25(31)18-6-5-7-20(27)12-18/h5-7,12-17,21,32H,8-11H2,1-4H3,(H,28,31)/t17-,21-. The Balaban J connectivity index is 1.64. The fraction of sp³-hybridized carbons (Fsp3) is 0.462. The fourth-order valence-electron chi connectivity index (χ4n) is 4.74. The average Bonchev–Trinajstić information content (AvgIpc) is 3.15. The summed E-state index contributed by atoms with van der Waals surface area (Å²) in [6.45, 7) is 7.95. The number of nitrogens with zero attached hydrogens (tertiary/aromatic N) is 2. The number of aromatic nitrogens is 2. The quantitative estimate of drug-likeness (QED) is 0.511. The SMILES string of the molecule is CC(C)[C@H]1CC[C@H](n2cc3cc(NC(=O)c4cccc(F)c4)c(C(C)(C)O)cc3n2)CC1. The van der Waals surface area contributed by atoms with Gasteiger partial charge in [-0.2, -0.15) is 5.10 Å². The first-order valence-electron chi connectivity index (χ1n) is 11.4. The van der Waals surface area contributed by atoms with E-state index in [4.69, 9.17) is 5.10 Å². The lowest BCUT2D eigenvalue weighted by atomic mass is 9.80. The molecule has 1 amide bonds. The summed E-state index contributed by atoms with van der Waals surface area (Å²) in [5, 5.41) is 19.3. The first-order chi connectivity index (χ1) is 15.1. The number of hydrogen-bond donors (Lipinski definition) is 2. The first-order valence-corrected chi connectivity index (χ1v) is 11.4. The molecule has 4 rings (SSSR count). The fourth-order valence-corrected chi connectivity index (χ4v) is 4.74. The summed E-state index contributed by atoms with van der Waals surface area (Å²) in [7, 11) is 0. The highest BCUT2D eigenvalue weighted by atomic mass is 19.1. The molecule has 2 N–H and O–H groups in total. The monoisotopic (exact) mass is 437 g/mol. The van der Waals surface area contributed by atoms with Crippen LogP contribution in [0.2, 0.25) is 0 Å². The highest BCUT2D eigenvalue weighted by Gasteiger charge is 2.27. The minimum Gasteiger partial charge on any atom is -0.386 e. The number of rotatable bonds is 5. The van der Waals surface area contributed by atoms with E-state index in [9.17, 15) is 14.3 Å². The van der Waals surface area contributed by atoms with Gasteiger partial charge in [0.2, 0.25) is 0 Å². The smallest absolute Gasteiger partial charge is 0.255 e. The minimum atomic E-state index is -1.18. The molecule has 170 valence electrons. The molecule has 1 aliphatic rings. The van der Waals surface area contributed by atoms with Crippen molar-refractivity contribution in [1.82, 2.24) is 9.78 Å². The van der Waals surface area contributed by atoms with Gasteiger partial charge >= 0.3 is 0 Å². The van der Waals surface area contributed by atoms with Crippen LogP contribution in [-0.4, -0.2) is 20.8 Å². The molecule has 5 nitrogen and oxygen atoms in total. The predicted molar refractivity (Wildman–Crippen MR) is 125 cm³/mol. The van der Waals surface area contributed by atoms with E-state index in [1.54, 1.807) is 19.9 Å². The molecule has 6 heteroatoms. The topological polar surface area (TPSA) is 67.2 Å². The molecular formula is C26H32FN3O2. The van der Waals surface area contributed by atoms with Crippen molar-refractivity contribution < 1.29 is 14.3 Å². The molecule has 0 aliphatic heterocycles. The molecule has 3 aromatic rings. The Bertz CT molecular complexity index is 1120. The van der Waals surface area contributed by atoms with Gasteiger partial charge in [-0.25, -0.2) is 4.39 Å². The van der Waals surface area contributed by atoms with Gasteiger partial charge in [-0.05, 0) is 81.7 Å². The number of aliphatic hydroxyl groups is 1. The second kappa shape index (κ2) is 8.66. The number of amides is 1. The van der Waals surface area contributed by atoms with Crippen molar-refractivity contribution >= 4 is 22.5 Å². The molecule has 0 unspecified atom stereocenters. The van der Waals surface area contributed by atoms with Gasteiger partial charge in [0.15, 0.2) is 0 Å². The van der Waals surface area contributed by atoms with E-state index in [1.165, 1.54) is 31.0 Å². The van der Waals surface area contributed by atoms with Crippen molar-refractivity contribution in [2.45, 2.75) is 65.0 Å². The maximum Gasteiger partial charge on any atom is 0.255 e. The van der Waals surface area contributed by atoms with E-state index in [0.29, 0.717) is 23.2 Å². The Labute approximate surface area is 188 Å². The van der Waals surface area contributed by atoms with Gasteiger partial charge in [0, 0.05) is 28.4 Å². The lowest BCUT2D eigenvalue weighted by Crippen LogP contribution is -2.21. The van der Waals surface area contributed by atoms with Crippen LogP contribution in [0.3, 0.4) is 0 Å². The molecule has 1 saturated carbocycles. The van der Waals surface area contributed by atoms with E-state index in [-0.39, 0.29) is 5.56 Å². The maximum atomic E-state index is 13.6. The summed E-state index contributed by atoms with van der Waals surface area (Å²) in [6.07, 6.45) is 6.67. The van der Waals surface area contributed by atoms with E-state index in [0.717, 1.165) is 29.7 Å². The molecule has 0 bridgehead atoms. The normalized spacial score (nSPS) is 19.5. The molecule has 1 aromatic heterocycles. The Hall–Kier alpha value is -2.73. The maximum absolute atomic E-state index is 13.6. The summed E-state index contributed by atoms with van der Waals surface area (Å²) in [5.74, 6) is 0.604. The number of fused-ring (bicyclic) bond motifs is 1. The lowest BCUT2D eigenvalue weighted by Gasteiger charge is -2.30. The Morgan fingerprint density at radius 3 is 2.53 bits per heavy atom. The Morgan fingerprint density at radius 1 is 1.19 bits per heavy atom. The second-order valence-electron chi connectivity index (χ2n) is 9.90. The van der Waals surface area contributed by atoms with Crippen LogP contribution >= 0.6 is 0 Å². The molecule has 1 aliphatic carbocycles. The summed E-state index contributed by atoms with van der Waals surface area (Å²) in [6, 6.07) is 9.62. The minimum absolute atomic E-state index is 0.226. The molecule has 0 spiro atoms. The highest BCUT2D eigenvalue weighted by molar-refractivity contribution is 6.05. The van der Waals surface area contributed by atoms with Crippen molar-refractivity contribution in [2.75, 3.05) is 5.32 Å². The van der Waals surface area contributed by atoms with Crippen molar-refractivity contribution in [2.24, 2.45) is 11.8 Å². The van der Waals surface area contributed by atoms with Crippen molar-refractivity contribution in [3.05, 3.63) is 59.5 Å². The van der Waals surface area contributed by atoms with Gasteiger partial charge in [-0.3, -0.25) is 9.48 Å². The van der Waals surface area contributed by atoms with Crippen LogP contribution in [0.4, 0.5) is 10.1 Å². The zero-order valence-corrected chi connectivity index (χ0v) is 19.2. The summed E-state index contributed by atoms with van der Waals surface area (Å²) < 4.78 is 15.6. The molecular weight excluding hydrogens is 405 g/mol. The molecule has 2 aromatic carbocycles. The number of anilines is 1. The van der Waals surface area contributed by atoms with Crippen LogP contribution in [-0.2, 0) is 5.60 Å². The van der Waals surface area contributed by atoms with Gasteiger partial charge < -0.3 is 10.4 Å². The van der Waals surface area contributed by atoms with Crippen LogP contribution in [0.15, 0.2) is 42.6 Å². The summed E-state index contributed by atoms with van der Waals surface area (Å²) in [5.41, 5.74) is 0.907. The van der Waals surface area contributed by atoms with Crippen molar-refractivity contribution in [3.8, 4) is 0 Å². The van der Waals surface area contributed by atoms with Crippen LogP contribution in [0.1, 0.15) is 75.3 Å². The van der Waals surface area contributed by atoms with Crippen LogP contribution in [0, 0.1) is 17.7 Å². The van der Waals surface area contributed by atoms with Crippen LogP contribution in [0.5, 0.6) is 0 Å². The van der Waals surface area contributed by atoms with Gasteiger partial charge in [0.1, 0.15) is 5.82 Å². The zero-order valence-electron chi connectivity index (χ0n) is 19.2. The lowest BCUT2D eigenvalue weighted by molar-refractivity contribution is 0.0794. The van der Waals surface area contributed by atoms with Crippen molar-refractivity contribution in [1.29, 1.82) is 0 Å². The Morgan fingerprint density at radius 2 is 1.91 bits per heavy atom. The molecule has 32 heavy (non-hydrogen) atoms. The third kappa shape index (κ3) is 4.70. The molecule has 1 fully saturated rings. The van der Waals surface area contributed by atoms with Crippen LogP contribution < -0.4 is 5.32 Å². The van der Waals surface area contributed by atoms with Gasteiger partial charge in [-0.1, -0.05) is 19.9 Å². The van der Waals surface area contributed by atoms with Crippen molar-refractivity contribution in [3.63, 3.8) is 0 Å². The Kier molecular flexibility index (Phi) is 6.08. The largest absolute Gasteiger partial charge is 0.386 e. The number of carbonyl (C=O) groups excluding carboxylic acids is 1. The molecule has 0 radical (unpaired) electrons. The first kappa shape index (κ1) is 22.5. The van der Waals surface area contributed by atoms with Gasteiger partial charge in [-0.15, -0.1) is 0 Å². The van der Waals surface area contributed by atoms with Crippen LogP contribution in [0.25, 0.3) is 10.9 Å². The predicted octanol–water partition coefficient (Wildman–Crippen LogP) is 6.04. The number of hydrogen-bond acceptors (Lipinski definition) is 3. The van der Waals surface area contributed by atoms with E-state index < -0.39 is 17.3 Å². The highest BCUT2D eigenvalue weighted by Crippen LogP contribution is 2.37. The summed E-state index contributed by atoms with van der Waals surface area (Å²) >= 11 is 0. The third-order valence-corrected chi connectivity index (χ3v) is 6.71. The number of halogens is 1. The average molecular weight is 438 g/mol. The van der Waals surface area contributed by atoms with Gasteiger partial charge in [0.25, 0.3) is 5.91 Å². The number of benzene rings is 2. The summed E-state index contributed by atoms with van der Waals surface area (Å²) in [4.78, 5) is 12.7.